The Morgan fingerprint density at radius 2 is 1.87 bits per heavy atom. The van der Waals surface area contributed by atoms with Crippen molar-refractivity contribution in [1.29, 1.82) is 0 Å². The van der Waals surface area contributed by atoms with Crippen LogP contribution in [0.15, 0.2) is 42.9 Å². The van der Waals surface area contributed by atoms with Crippen molar-refractivity contribution in [2.45, 2.75) is 39.3 Å². The van der Waals surface area contributed by atoms with Gasteiger partial charge in [-0.3, -0.25) is 9.48 Å². The summed E-state index contributed by atoms with van der Waals surface area (Å²) in [5.41, 5.74) is 2.83. The van der Waals surface area contributed by atoms with Gasteiger partial charge in [-0.2, -0.15) is 5.10 Å². The van der Waals surface area contributed by atoms with Crippen molar-refractivity contribution in [3.05, 3.63) is 65.6 Å². The minimum Gasteiger partial charge on any atom is -0.343 e. The van der Waals surface area contributed by atoms with Gasteiger partial charge in [0.05, 0.1) is 18.9 Å². The molecule has 1 aliphatic heterocycles. The number of hydrogen-bond donors (Lipinski definition) is 0. The molecule has 156 valence electrons. The van der Waals surface area contributed by atoms with Crippen molar-refractivity contribution in [2.75, 3.05) is 23.4 Å². The van der Waals surface area contributed by atoms with E-state index >= 15 is 0 Å². The molecule has 1 atom stereocenters. The number of aryl methyl sites for hydroxylation is 2. The molecule has 4 rings (SSSR count). The van der Waals surface area contributed by atoms with Gasteiger partial charge < -0.3 is 9.80 Å². The first-order valence-electron chi connectivity index (χ1n) is 10.1. The molecule has 0 fully saturated rings. The fourth-order valence-electron chi connectivity index (χ4n) is 3.76. The summed E-state index contributed by atoms with van der Waals surface area (Å²) in [6.07, 6.45) is 7.02. The van der Waals surface area contributed by atoms with Crippen LogP contribution < -0.4 is 9.80 Å². The third kappa shape index (κ3) is 3.90. The Labute approximate surface area is 175 Å². The lowest BCUT2D eigenvalue weighted by Crippen LogP contribution is -2.51. The van der Waals surface area contributed by atoms with Gasteiger partial charge in [0, 0.05) is 26.2 Å². The highest BCUT2D eigenvalue weighted by molar-refractivity contribution is 6.03. The first-order valence-corrected chi connectivity index (χ1v) is 10.1. The van der Waals surface area contributed by atoms with Crippen LogP contribution in [0.3, 0.4) is 0 Å². The van der Waals surface area contributed by atoms with E-state index in [1.54, 1.807) is 30.3 Å². The Bertz CT molecular complexity index is 1050. The zero-order valence-electron chi connectivity index (χ0n) is 17.4. The van der Waals surface area contributed by atoms with Gasteiger partial charge in [0.1, 0.15) is 23.4 Å². The normalized spacial score (nSPS) is 16.1. The van der Waals surface area contributed by atoms with Crippen molar-refractivity contribution in [3.63, 3.8) is 0 Å². The highest BCUT2D eigenvalue weighted by Crippen LogP contribution is 2.32. The summed E-state index contributed by atoms with van der Waals surface area (Å²) in [5.74, 6) is 1.36. The average Bonchev–Trinajstić information content (AvgIpc) is 3.20. The van der Waals surface area contributed by atoms with E-state index in [4.69, 9.17) is 4.98 Å². The van der Waals surface area contributed by atoms with Gasteiger partial charge in [-0.25, -0.2) is 14.4 Å². The van der Waals surface area contributed by atoms with Gasteiger partial charge in [-0.1, -0.05) is 12.1 Å². The zero-order valence-corrected chi connectivity index (χ0v) is 17.4. The van der Waals surface area contributed by atoms with Crippen LogP contribution in [0.2, 0.25) is 0 Å². The number of benzene rings is 1. The number of carbonyl (C=O) groups is 1. The van der Waals surface area contributed by atoms with Crippen molar-refractivity contribution < 1.29 is 9.18 Å². The van der Waals surface area contributed by atoms with Crippen LogP contribution in [0.1, 0.15) is 30.8 Å². The SMILES string of the molecule is CCN1c2nc(CCc3cnn(Cc4ccc(F)cc4)c3)ncc2N(C)C(=O)[C@@H]1C. The number of rotatable bonds is 6. The molecule has 1 aliphatic rings. The highest BCUT2D eigenvalue weighted by Gasteiger charge is 2.34. The third-order valence-corrected chi connectivity index (χ3v) is 5.51. The number of aromatic nitrogens is 4. The summed E-state index contributed by atoms with van der Waals surface area (Å²) in [6.45, 7) is 5.23. The van der Waals surface area contributed by atoms with Crippen molar-refractivity contribution in [1.82, 2.24) is 19.7 Å². The summed E-state index contributed by atoms with van der Waals surface area (Å²) >= 11 is 0. The number of carbonyl (C=O) groups excluding carboxylic acids is 1. The summed E-state index contributed by atoms with van der Waals surface area (Å²) in [4.78, 5) is 25.3. The molecule has 8 heteroatoms. The summed E-state index contributed by atoms with van der Waals surface area (Å²) < 4.78 is 14.9. The molecule has 0 unspecified atom stereocenters. The lowest BCUT2D eigenvalue weighted by atomic mass is 10.1. The fraction of sp³-hybridized carbons (Fsp3) is 0.364. The molecule has 1 amide bonds. The largest absolute Gasteiger partial charge is 0.343 e. The monoisotopic (exact) mass is 408 g/mol. The molecule has 0 saturated heterocycles. The van der Waals surface area contributed by atoms with Gasteiger partial charge in [0.2, 0.25) is 5.91 Å². The van der Waals surface area contributed by atoms with E-state index < -0.39 is 0 Å². The Hall–Kier alpha value is -3.29. The van der Waals surface area contributed by atoms with Crippen molar-refractivity contribution in [3.8, 4) is 0 Å². The number of halogens is 1. The molecule has 2 aromatic heterocycles. The van der Waals surface area contributed by atoms with Crippen molar-refractivity contribution >= 4 is 17.4 Å². The second-order valence-electron chi connectivity index (χ2n) is 7.53. The Balaban J connectivity index is 1.45. The van der Waals surface area contributed by atoms with Crippen LogP contribution >= 0.6 is 0 Å². The maximum atomic E-state index is 13.0. The number of hydrogen-bond acceptors (Lipinski definition) is 5. The average molecular weight is 408 g/mol. The van der Waals surface area contributed by atoms with Gasteiger partial charge in [0.25, 0.3) is 0 Å². The lowest BCUT2D eigenvalue weighted by Gasteiger charge is -2.38. The van der Waals surface area contributed by atoms with E-state index in [0.29, 0.717) is 19.5 Å². The molecule has 1 aromatic carbocycles. The molecule has 0 saturated carbocycles. The van der Waals surface area contributed by atoms with Gasteiger partial charge in [-0.05, 0) is 43.5 Å². The number of amides is 1. The second-order valence-corrected chi connectivity index (χ2v) is 7.53. The van der Waals surface area contributed by atoms with E-state index in [9.17, 15) is 9.18 Å². The topological polar surface area (TPSA) is 67.2 Å². The predicted octanol–water partition coefficient (Wildman–Crippen LogP) is 2.84. The minimum atomic E-state index is -0.239. The summed E-state index contributed by atoms with van der Waals surface area (Å²) in [6, 6.07) is 6.21. The van der Waals surface area contributed by atoms with Crippen LogP contribution in [-0.2, 0) is 24.2 Å². The number of likely N-dealkylation sites (N-methyl/N-ethyl adjacent to an activating group) is 2. The Morgan fingerprint density at radius 1 is 1.10 bits per heavy atom. The van der Waals surface area contributed by atoms with E-state index in [1.165, 1.54) is 12.1 Å². The van der Waals surface area contributed by atoms with Crippen LogP contribution in [0.25, 0.3) is 0 Å². The maximum absolute atomic E-state index is 13.0. The molecular weight excluding hydrogens is 383 g/mol. The zero-order chi connectivity index (χ0) is 21.3. The molecular formula is C22H25FN6O. The smallest absolute Gasteiger partial charge is 0.249 e. The fourth-order valence-corrected chi connectivity index (χ4v) is 3.76. The van der Waals surface area contributed by atoms with E-state index in [1.807, 2.05) is 35.8 Å². The molecule has 0 radical (unpaired) electrons. The Kier molecular flexibility index (Phi) is 5.48. The first-order chi connectivity index (χ1) is 14.5. The van der Waals surface area contributed by atoms with Gasteiger partial charge in [-0.15, -0.1) is 0 Å². The van der Waals surface area contributed by atoms with Crippen LogP contribution in [-0.4, -0.2) is 45.3 Å². The standard InChI is InChI=1S/C22H25FN6O/c1-4-29-15(2)22(30)27(3)19-12-24-20(26-21(19)29)10-7-17-11-25-28(14-17)13-16-5-8-18(23)9-6-16/h5-6,8-9,11-12,14-15H,4,7,10,13H2,1-3H3/t15-/m0/s1. The summed E-state index contributed by atoms with van der Waals surface area (Å²) in [5, 5.41) is 4.40. The Morgan fingerprint density at radius 3 is 2.60 bits per heavy atom. The molecule has 3 heterocycles. The quantitative estimate of drug-likeness (QED) is 0.628. The molecule has 3 aromatic rings. The van der Waals surface area contributed by atoms with E-state index in [-0.39, 0.29) is 17.8 Å². The summed E-state index contributed by atoms with van der Waals surface area (Å²) in [7, 11) is 1.77. The predicted molar refractivity (Wildman–Crippen MR) is 113 cm³/mol. The lowest BCUT2D eigenvalue weighted by molar-refractivity contribution is -0.119. The second kappa shape index (κ2) is 8.22. The van der Waals surface area contributed by atoms with E-state index in [0.717, 1.165) is 34.9 Å². The third-order valence-electron chi connectivity index (χ3n) is 5.51. The molecule has 0 spiro atoms. The molecule has 0 bridgehead atoms. The number of nitrogens with zero attached hydrogens (tertiary/aromatic N) is 6. The van der Waals surface area contributed by atoms with Gasteiger partial charge >= 0.3 is 0 Å². The highest BCUT2D eigenvalue weighted by atomic mass is 19.1. The van der Waals surface area contributed by atoms with Crippen LogP contribution in [0, 0.1) is 5.82 Å². The molecule has 0 N–H and O–H groups in total. The molecule has 7 nitrogen and oxygen atoms in total. The van der Waals surface area contributed by atoms with Gasteiger partial charge in [0.15, 0.2) is 5.82 Å². The van der Waals surface area contributed by atoms with Crippen LogP contribution in [0.5, 0.6) is 0 Å². The minimum absolute atomic E-state index is 0.0502. The maximum Gasteiger partial charge on any atom is 0.249 e. The van der Waals surface area contributed by atoms with E-state index in [2.05, 4.69) is 10.1 Å². The van der Waals surface area contributed by atoms with Crippen molar-refractivity contribution in [2.24, 2.45) is 0 Å². The number of fused-ring (bicyclic) bond motifs is 1. The molecule has 30 heavy (non-hydrogen) atoms. The van der Waals surface area contributed by atoms with Crippen LogP contribution in [0.4, 0.5) is 15.9 Å². The number of anilines is 2. The first kappa shape index (κ1) is 20.0. The molecule has 0 aliphatic carbocycles.